The van der Waals surface area contributed by atoms with Crippen LogP contribution in [0.15, 0.2) is 18.2 Å². The number of benzene rings is 1. The van der Waals surface area contributed by atoms with Gasteiger partial charge in [0.25, 0.3) is 5.91 Å². The molecule has 6 heteroatoms. The fourth-order valence-corrected chi connectivity index (χ4v) is 2.10. The Morgan fingerprint density at radius 3 is 3.00 bits per heavy atom. The molecule has 104 valence electrons. The molecule has 3 N–H and O–H groups in total. The third-order valence-corrected chi connectivity index (χ3v) is 3.24. The second-order valence-electron chi connectivity index (χ2n) is 4.54. The van der Waals surface area contributed by atoms with Crippen molar-refractivity contribution in [3.63, 3.8) is 0 Å². The molecule has 1 heterocycles. The van der Waals surface area contributed by atoms with E-state index >= 15 is 0 Å². The molecule has 0 bridgehead atoms. The molecule has 1 aromatic rings. The topological polar surface area (TPSA) is 70.6 Å². The summed E-state index contributed by atoms with van der Waals surface area (Å²) in [4.78, 5) is 12.0. The maximum Gasteiger partial charge on any atom is 0.255 e. The van der Waals surface area contributed by atoms with Crippen molar-refractivity contribution < 1.29 is 19.0 Å². The van der Waals surface area contributed by atoms with E-state index < -0.39 is 17.8 Å². The molecular weight excluding hydrogens is 251 g/mol. The van der Waals surface area contributed by atoms with E-state index in [0.29, 0.717) is 25.4 Å². The highest BCUT2D eigenvalue weighted by atomic mass is 19.1. The molecule has 1 aromatic carbocycles. The molecule has 2 rings (SSSR count). The molecule has 2 unspecified atom stereocenters. The van der Waals surface area contributed by atoms with Crippen LogP contribution in [0.25, 0.3) is 0 Å². The third kappa shape index (κ3) is 3.21. The van der Waals surface area contributed by atoms with Gasteiger partial charge >= 0.3 is 0 Å². The van der Waals surface area contributed by atoms with E-state index in [1.54, 1.807) is 0 Å². The molecule has 1 saturated heterocycles. The number of rotatable bonds is 4. The van der Waals surface area contributed by atoms with Crippen LogP contribution in [-0.4, -0.2) is 43.9 Å². The molecule has 1 aliphatic rings. The second kappa shape index (κ2) is 5.99. The number of methoxy groups -OCH3 is 1. The lowest BCUT2D eigenvalue weighted by Gasteiger charge is -2.15. The van der Waals surface area contributed by atoms with E-state index in [1.807, 2.05) is 0 Å². The fraction of sp³-hybridized carbons (Fsp3) is 0.462. The zero-order valence-corrected chi connectivity index (χ0v) is 10.6. The number of hydrogen-bond donors (Lipinski definition) is 3. The van der Waals surface area contributed by atoms with Gasteiger partial charge in [-0.15, -0.1) is 0 Å². The Balaban J connectivity index is 2.01. The smallest absolute Gasteiger partial charge is 0.255 e. The lowest BCUT2D eigenvalue weighted by atomic mass is 10.1. The number of nitrogens with one attached hydrogen (secondary N) is 2. The average molecular weight is 268 g/mol. The normalized spacial score (nSPS) is 22.3. The van der Waals surface area contributed by atoms with Crippen LogP contribution >= 0.6 is 0 Å². The Bertz CT molecular complexity index is 467. The zero-order valence-electron chi connectivity index (χ0n) is 10.6. The highest BCUT2D eigenvalue weighted by Gasteiger charge is 2.25. The first-order chi connectivity index (χ1) is 9.11. The fourth-order valence-electron chi connectivity index (χ4n) is 2.10. The summed E-state index contributed by atoms with van der Waals surface area (Å²) in [5.74, 6) is -0.600. The third-order valence-electron chi connectivity index (χ3n) is 3.24. The van der Waals surface area contributed by atoms with Gasteiger partial charge in [0.05, 0.1) is 18.8 Å². The Morgan fingerprint density at radius 2 is 2.37 bits per heavy atom. The minimum Gasteiger partial charge on any atom is -0.496 e. The molecule has 1 amide bonds. The SMILES string of the molecule is COc1ccc(F)cc1C(=O)NCC1CNCC1O. The van der Waals surface area contributed by atoms with Crippen molar-refractivity contribution in [3.8, 4) is 5.75 Å². The van der Waals surface area contributed by atoms with Crippen LogP contribution in [0.5, 0.6) is 5.75 Å². The first-order valence-corrected chi connectivity index (χ1v) is 6.12. The summed E-state index contributed by atoms with van der Waals surface area (Å²) in [5, 5.41) is 15.3. The van der Waals surface area contributed by atoms with Gasteiger partial charge in [0, 0.05) is 25.6 Å². The van der Waals surface area contributed by atoms with E-state index in [2.05, 4.69) is 10.6 Å². The minimum atomic E-state index is -0.492. The van der Waals surface area contributed by atoms with Crippen LogP contribution in [-0.2, 0) is 0 Å². The summed E-state index contributed by atoms with van der Waals surface area (Å²) >= 11 is 0. The van der Waals surface area contributed by atoms with Gasteiger partial charge < -0.3 is 20.5 Å². The summed E-state index contributed by atoms with van der Waals surface area (Å²) in [7, 11) is 1.43. The largest absolute Gasteiger partial charge is 0.496 e. The van der Waals surface area contributed by atoms with Gasteiger partial charge in [-0.05, 0) is 18.2 Å². The maximum absolute atomic E-state index is 13.2. The highest BCUT2D eigenvalue weighted by Crippen LogP contribution is 2.19. The first kappa shape index (κ1) is 13.8. The summed E-state index contributed by atoms with van der Waals surface area (Å²) in [6, 6.07) is 3.79. The zero-order chi connectivity index (χ0) is 13.8. The molecule has 0 aromatic heterocycles. The number of ether oxygens (including phenoxy) is 1. The molecular formula is C13H17FN2O3. The summed E-state index contributed by atoms with van der Waals surface area (Å²) in [6.07, 6.45) is -0.463. The number of aliphatic hydroxyl groups excluding tert-OH is 1. The average Bonchev–Trinajstić information content (AvgIpc) is 2.81. The van der Waals surface area contributed by atoms with Gasteiger partial charge in [-0.3, -0.25) is 4.79 Å². The summed E-state index contributed by atoms with van der Waals surface area (Å²) in [6.45, 7) is 1.53. The molecule has 0 radical (unpaired) electrons. The van der Waals surface area contributed by atoms with E-state index in [1.165, 1.54) is 19.2 Å². The van der Waals surface area contributed by atoms with Crippen molar-refractivity contribution in [1.29, 1.82) is 0 Å². The number of hydrogen-bond acceptors (Lipinski definition) is 4. The molecule has 0 saturated carbocycles. The number of carbonyl (C=O) groups is 1. The van der Waals surface area contributed by atoms with Crippen molar-refractivity contribution in [2.45, 2.75) is 6.10 Å². The Morgan fingerprint density at radius 1 is 1.58 bits per heavy atom. The monoisotopic (exact) mass is 268 g/mol. The van der Waals surface area contributed by atoms with Crippen molar-refractivity contribution in [2.75, 3.05) is 26.7 Å². The predicted octanol–water partition coefficient (Wildman–Crippen LogP) is 0.144. The predicted molar refractivity (Wildman–Crippen MR) is 67.7 cm³/mol. The van der Waals surface area contributed by atoms with E-state index in [-0.39, 0.29) is 11.5 Å². The molecule has 1 aliphatic heterocycles. The van der Waals surface area contributed by atoms with Crippen LogP contribution in [0.3, 0.4) is 0 Å². The molecule has 0 spiro atoms. The summed E-state index contributed by atoms with van der Waals surface area (Å²) < 4.78 is 18.2. The van der Waals surface area contributed by atoms with Gasteiger partial charge in [-0.25, -0.2) is 4.39 Å². The number of carbonyl (C=O) groups excluding carboxylic acids is 1. The highest BCUT2D eigenvalue weighted by molar-refractivity contribution is 5.96. The van der Waals surface area contributed by atoms with Crippen LogP contribution in [0.2, 0.25) is 0 Å². The molecule has 1 fully saturated rings. The first-order valence-electron chi connectivity index (χ1n) is 6.12. The summed E-state index contributed by atoms with van der Waals surface area (Å²) in [5.41, 5.74) is 0.156. The van der Waals surface area contributed by atoms with Crippen LogP contribution in [0.1, 0.15) is 10.4 Å². The van der Waals surface area contributed by atoms with Crippen molar-refractivity contribution in [1.82, 2.24) is 10.6 Å². The lowest BCUT2D eigenvalue weighted by Crippen LogP contribution is -2.34. The van der Waals surface area contributed by atoms with E-state index in [9.17, 15) is 14.3 Å². The van der Waals surface area contributed by atoms with Crippen LogP contribution in [0.4, 0.5) is 4.39 Å². The molecule has 0 aliphatic carbocycles. The van der Waals surface area contributed by atoms with Crippen LogP contribution in [0, 0.1) is 11.7 Å². The van der Waals surface area contributed by atoms with Gasteiger partial charge in [0.15, 0.2) is 0 Å². The lowest BCUT2D eigenvalue weighted by molar-refractivity contribution is 0.0923. The number of halogens is 1. The van der Waals surface area contributed by atoms with Gasteiger partial charge in [-0.1, -0.05) is 0 Å². The number of β-amino-alcohol motifs (C(OH)–C–C–N with tert-alkyl or cyclic N) is 1. The van der Waals surface area contributed by atoms with Gasteiger partial charge in [-0.2, -0.15) is 0 Å². The second-order valence-corrected chi connectivity index (χ2v) is 4.54. The van der Waals surface area contributed by atoms with Crippen molar-refractivity contribution >= 4 is 5.91 Å². The van der Waals surface area contributed by atoms with Crippen LogP contribution < -0.4 is 15.4 Å². The molecule has 5 nitrogen and oxygen atoms in total. The van der Waals surface area contributed by atoms with E-state index in [4.69, 9.17) is 4.74 Å². The minimum absolute atomic E-state index is 0.0245. The number of aliphatic hydroxyl groups is 1. The molecule has 19 heavy (non-hydrogen) atoms. The Hall–Kier alpha value is -1.66. The van der Waals surface area contributed by atoms with Crippen molar-refractivity contribution in [2.24, 2.45) is 5.92 Å². The Kier molecular flexibility index (Phi) is 4.34. The molecule has 2 atom stereocenters. The quantitative estimate of drug-likeness (QED) is 0.726. The van der Waals surface area contributed by atoms with E-state index in [0.717, 1.165) is 6.07 Å². The van der Waals surface area contributed by atoms with Gasteiger partial charge in [0.1, 0.15) is 11.6 Å². The van der Waals surface area contributed by atoms with Crippen molar-refractivity contribution in [3.05, 3.63) is 29.6 Å². The standard InChI is InChI=1S/C13H17FN2O3/c1-19-12-3-2-9(14)4-10(12)13(18)16-6-8-5-15-7-11(8)17/h2-4,8,11,15,17H,5-7H2,1H3,(H,16,18). The Labute approximate surface area is 110 Å². The van der Waals surface area contributed by atoms with Gasteiger partial charge in [0.2, 0.25) is 0 Å². The number of amides is 1. The maximum atomic E-state index is 13.2.